The molecular formula is C15H17BrN2O. The summed E-state index contributed by atoms with van der Waals surface area (Å²) in [4.78, 5) is 0. The molecule has 0 aromatic heterocycles. The largest absolute Gasteiger partial charge is 0.492 e. The Balaban J connectivity index is 2.25. The number of nitrogens with one attached hydrogen (secondary N) is 1. The normalized spacial score (nSPS) is 10.3. The molecule has 19 heavy (non-hydrogen) atoms. The average molecular weight is 321 g/mol. The fourth-order valence-corrected chi connectivity index (χ4v) is 2.36. The fraction of sp³-hybridized carbons (Fsp3) is 0.200. The Labute approximate surface area is 121 Å². The monoisotopic (exact) mass is 320 g/mol. The van der Waals surface area contributed by atoms with Gasteiger partial charge in [0.05, 0.1) is 18.0 Å². The summed E-state index contributed by atoms with van der Waals surface area (Å²) in [6, 6.07) is 11.9. The quantitative estimate of drug-likeness (QED) is 0.816. The molecule has 2 aromatic rings. The lowest BCUT2D eigenvalue weighted by molar-refractivity contribution is 0.342. The molecule has 2 aromatic carbocycles. The first kappa shape index (κ1) is 13.7. The second-order valence-corrected chi connectivity index (χ2v) is 5.15. The van der Waals surface area contributed by atoms with Crippen molar-refractivity contribution in [2.75, 3.05) is 17.7 Å². The van der Waals surface area contributed by atoms with Gasteiger partial charge in [-0.2, -0.15) is 0 Å². The van der Waals surface area contributed by atoms with Crippen LogP contribution in [0.5, 0.6) is 5.75 Å². The summed E-state index contributed by atoms with van der Waals surface area (Å²) in [5, 5.41) is 3.34. The number of aryl methyl sites for hydroxylation is 1. The van der Waals surface area contributed by atoms with E-state index in [0.717, 1.165) is 15.8 Å². The minimum absolute atomic E-state index is 0.599. The number of hydrogen-bond acceptors (Lipinski definition) is 3. The zero-order valence-corrected chi connectivity index (χ0v) is 12.6. The van der Waals surface area contributed by atoms with Gasteiger partial charge in [0, 0.05) is 16.2 Å². The lowest BCUT2D eigenvalue weighted by Crippen LogP contribution is -1.98. The molecule has 100 valence electrons. The zero-order valence-electron chi connectivity index (χ0n) is 11.0. The molecule has 0 aliphatic heterocycles. The highest BCUT2D eigenvalue weighted by Gasteiger charge is 2.04. The molecule has 0 aliphatic carbocycles. The van der Waals surface area contributed by atoms with Crippen LogP contribution in [0.25, 0.3) is 0 Å². The molecule has 0 heterocycles. The Hall–Kier alpha value is -1.68. The van der Waals surface area contributed by atoms with Crippen molar-refractivity contribution < 1.29 is 4.74 Å². The molecule has 3 nitrogen and oxygen atoms in total. The number of nitrogen functional groups attached to an aromatic ring is 1. The van der Waals surface area contributed by atoms with Gasteiger partial charge in [-0.15, -0.1) is 0 Å². The predicted molar refractivity (Wildman–Crippen MR) is 84.2 cm³/mol. The van der Waals surface area contributed by atoms with Gasteiger partial charge in [-0.1, -0.05) is 6.07 Å². The summed E-state index contributed by atoms with van der Waals surface area (Å²) in [7, 11) is 0. The molecule has 0 aliphatic rings. The third kappa shape index (κ3) is 3.41. The first-order valence-electron chi connectivity index (χ1n) is 6.15. The lowest BCUT2D eigenvalue weighted by atomic mass is 10.2. The maximum Gasteiger partial charge on any atom is 0.144 e. The second kappa shape index (κ2) is 5.97. The molecule has 0 radical (unpaired) electrons. The summed E-state index contributed by atoms with van der Waals surface area (Å²) in [6.45, 7) is 4.60. The number of anilines is 3. The van der Waals surface area contributed by atoms with Gasteiger partial charge in [-0.25, -0.2) is 0 Å². The average Bonchev–Trinajstić information content (AvgIpc) is 2.37. The van der Waals surface area contributed by atoms with Gasteiger partial charge in [0.15, 0.2) is 0 Å². The predicted octanol–water partition coefficient (Wildman–Crippen LogP) is 4.48. The molecule has 0 unspecified atom stereocenters. The molecular weight excluding hydrogens is 304 g/mol. The minimum atomic E-state index is 0.599. The number of halogens is 1. The van der Waals surface area contributed by atoms with Crippen molar-refractivity contribution in [3.8, 4) is 5.75 Å². The van der Waals surface area contributed by atoms with Crippen LogP contribution in [0, 0.1) is 6.92 Å². The third-order valence-electron chi connectivity index (χ3n) is 2.72. The van der Waals surface area contributed by atoms with E-state index < -0.39 is 0 Å². The summed E-state index contributed by atoms with van der Waals surface area (Å²) in [6.07, 6.45) is 0. The van der Waals surface area contributed by atoms with Crippen LogP contribution in [-0.4, -0.2) is 6.61 Å². The van der Waals surface area contributed by atoms with Gasteiger partial charge in [0.2, 0.25) is 0 Å². The topological polar surface area (TPSA) is 47.3 Å². The van der Waals surface area contributed by atoms with Crippen molar-refractivity contribution in [3.05, 3.63) is 46.4 Å². The SMILES string of the molecule is CCOc1cc(Nc2ccc(C)cc2Br)ccc1N. The van der Waals surface area contributed by atoms with E-state index in [1.54, 1.807) is 0 Å². The number of nitrogens with two attached hydrogens (primary N) is 1. The van der Waals surface area contributed by atoms with E-state index in [9.17, 15) is 0 Å². The van der Waals surface area contributed by atoms with E-state index in [-0.39, 0.29) is 0 Å². The maximum absolute atomic E-state index is 5.86. The molecule has 4 heteroatoms. The first-order valence-corrected chi connectivity index (χ1v) is 6.95. The minimum Gasteiger partial charge on any atom is -0.492 e. The van der Waals surface area contributed by atoms with Crippen LogP contribution in [0.4, 0.5) is 17.1 Å². The van der Waals surface area contributed by atoms with Gasteiger partial charge in [0.25, 0.3) is 0 Å². The van der Waals surface area contributed by atoms with Gasteiger partial charge in [-0.05, 0) is 59.6 Å². The number of rotatable bonds is 4. The van der Waals surface area contributed by atoms with Crippen molar-refractivity contribution >= 4 is 33.0 Å². The smallest absolute Gasteiger partial charge is 0.144 e. The summed E-state index contributed by atoms with van der Waals surface area (Å²) >= 11 is 3.55. The molecule has 0 amide bonds. The van der Waals surface area contributed by atoms with E-state index >= 15 is 0 Å². The molecule has 0 atom stereocenters. The zero-order chi connectivity index (χ0) is 13.8. The van der Waals surface area contributed by atoms with E-state index in [1.165, 1.54) is 5.56 Å². The molecule has 0 bridgehead atoms. The van der Waals surface area contributed by atoms with Crippen molar-refractivity contribution in [2.45, 2.75) is 13.8 Å². The molecule has 0 spiro atoms. The van der Waals surface area contributed by atoms with Crippen LogP contribution in [0.15, 0.2) is 40.9 Å². The molecule has 0 fully saturated rings. The third-order valence-corrected chi connectivity index (χ3v) is 3.37. The molecule has 3 N–H and O–H groups in total. The fourth-order valence-electron chi connectivity index (χ4n) is 1.77. The van der Waals surface area contributed by atoms with Crippen LogP contribution >= 0.6 is 15.9 Å². The lowest BCUT2D eigenvalue weighted by Gasteiger charge is -2.12. The van der Waals surface area contributed by atoms with E-state index in [0.29, 0.717) is 18.0 Å². The first-order chi connectivity index (χ1) is 9.10. The Bertz CT molecular complexity index is 584. The summed E-state index contributed by atoms with van der Waals surface area (Å²) in [5.74, 6) is 0.704. The van der Waals surface area contributed by atoms with E-state index in [2.05, 4.69) is 40.3 Å². The Kier molecular flexibility index (Phi) is 4.32. The van der Waals surface area contributed by atoms with Gasteiger partial charge >= 0.3 is 0 Å². The Morgan fingerprint density at radius 1 is 1.21 bits per heavy atom. The van der Waals surface area contributed by atoms with Crippen LogP contribution < -0.4 is 15.8 Å². The van der Waals surface area contributed by atoms with Gasteiger partial charge < -0.3 is 15.8 Å². The number of hydrogen-bond donors (Lipinski definition) is 2. The summed E-state index contributed by atoms with van der Waals surface area (Å²) in [5.41, 5.74) is 9.68. The van der Waals surface area contributed by atoms with E-state index in [1.807, 2.05) is 31.2 Å². The Morgan fingerprint density at radius 2 is 2.00 bits per heavy atom. The van der Waals surface area contributed by atoms with E-state index in [4.69, 9.17) is 10.5 Å². The van der Waals surface area contributed by atoms with Gasteiger partial charge in [0.1, 0.15) is 5.75 Å². The van der Waals surface area contributed by atoms with Crippen LogP contribution in [0.3, 0.4) is 0 Å². The molecule has 2 rings (SSSR count). The highest BCUT2D eigenvalue weighted by atomic mass is 79.9. The number of benzene rings is 2. The maximum atomic E-state index is 5.86. The second-order valence-electron chi connectivity index (χ2n) is 4.29. The molecule has 0 saturated heterocycles. The Morgan fingerprint density at radius 3 is 2.68 bits per heavy atom. The van der Waals surface area contributed by atoms with Crippen molar-refractivity contribution in [1.82, 2.24) is 0 Å². The van der Waals surface area contributed by atoms with Crippen LogP contribution in [0.1, 0.15) is 12.5 Å². The number of ether oxygens (including phenoxy) is 1. The highest BCUT2D eigenvalue weighted by molar-refractivity contribution is 9.10. The summed E-state index contributed by atoms with van der Waals surface area (Å²) < 4.78 is 6.52. The van der Waals surface area contributed by atoms with Crippen molar-refractivity contribution in [1.29, 1.82) is 0 Å². The van der Waals surface area contributed by atoms with Crippen molar-refractivity contribution in [3.63, 3.8) is 0 Å². The van der Waals surface area contributed by atoms with Crippen LogP contribution in [0.2, 0.25) is 0 Å². The van der Waals surface area contributed by atoms with Crippen LogP contribution in [-0.2, 0) is 0 Å². The highest BCUT2D eigenvalue weighted by Crippen LogP contribution is 2.30. The standard InChI is InChI=1S/C15H17BrN2O/c1-3-19-15-9-11(5-6-13(15)17)18-14-7-4-10(2)8-12(14)16/h4-9,18H,3,17H2,1-2H3. The van der Waals surface area contributed by atoms with Gasteiger partial charge in [-0.3, -0.25) is 0 Å². The molecule has 0 saturated carbocycles. The van der Waals surface area contributed by atoms with Crippen molar-refractivity contribution in [2.24, 2.45) is 0 Å².